The molecule has 2 fully saturated rings. The lowest BCUT2D eigenvalue weighted by molar-refractivity contribution is 0.0739. The maximum Gasteiger partial charge on any atom is 0.254 e. The minimum absolute atomic E-state index is 0.191. The number of benzene rings is 1. The second-order valence-corrected chi connectivity index (χ2v) is 6.37. The fourth-order valence-corrected chi connectivity index (χ4v) is 3.72. The Morgan fingerprint density at radius 1 is 1.24 bits per heavy atom. The van der Waals surface area contributed by atoms with Gasteiger partial charge in [-0.15, -0.1) is 0 Å². The normalized spacial score (nSPS) is 25.8. The number of anilines is 1. The van der Waals surface area contributed by atoms with Crippen LogP contribution in [0.5, 0.6) is 0 Å². The van der Waals surface area contributed by atoms with E-state index in [1.165, 1.54) is 12.8 Å². The summed E-state index contributed by atoms with van der Waals surface area (Å²) in [6.45, 7) is 3.78. The minimum atomic E-state index is 0.191. The highest BCUT2D eigenvalue weighted by Crippen LogP contribution is 2.29. The summed E-state index contributed by atoms with van der Waals surface area (Å²) in [6.07, 6.45) is 3.62. The quantitative estimate of drug-likeness (QED) is 0.907. The highest BCUT2D eigenvalue weighted by Gasteiger charge is 2.36. The van der Waals surface area contributed by atoms with E-state index in [1.54, 1.807) is 0 Å². The molecule has 1 amide bonds. The number of rotatable bonds is 2. The molecule has 1 N–H and O–H groups in total. The summed E-state index contributed by atoms with van der Waals surface area (Å²) in [5, 5.41) is 3.12. The Balaban J connectivity index is 1.79. The second-order valence-electron chi connectivity index (χ2n) is 6.37. The molecular weight excluding hydrogens is 262 g/mol. The predicted molar refractivity (Wildman–Crippen MR) is 85.8 cm³/mol. The fraction of sp³-hybridized carbons (Fsp3) is 0.588. The Morgan fingerprint density at radius 2 is 2.00 bits per heavy atom. The number of carbonyl (C=O) groups is 1. The van der Waals surface area contributed by atoms with Gasteiger partial charge in [-0.1, -0.05) is 0 Å². The molecule has 21 heavy (non-hydrogen) atoms. The summed E-state index contributed by atoms with van der Waals surface area (Å²) in [5.74, 6) is 0.191. The largest absolute Gasteiger partial charge is 0.388 e. The number of hydrogen-bond acceptors (Lipinski definition) is 3. The molecule has 114 valence electrons. The Bertz CT molecular complexity index is 543. The van der Waals surface area contributed by atoms with E-state index < -0.39 is 0 Å². The van der Waals surface area contributed by atoms with Gasteiger partial charge in [0.05, 0.1) is 0 Å². The van der Waals surface area contributed by atoms with Crippen LogP contribution in [0.25, 0.3) is 0 Å². The zero-order valence-corrected chi connectivity index (χ0v) is 13.2. The molecule has 1 aromatic rings. The number of amides is 1. The van der Waals surface area contributed by atoms with Crippen LogP contribution in [0.3, 0.4) is 0 Å². The van der Waals surface area contributed by atoms with Gasteiger partial charge in [0.1, 0.15) is 0 Å². The van der Waals surface area contributed by atoms with Gasteiger partial charge in [-0.2, -0.15) is 0 Å². The first kappa shape index (κ1) is 14.4. The van der Waals surface area contributed by atoms with Crippen molar-refractivity contribution in [1.82, 2.24) is 9.80 Å². The molecule has 0 spiro atoms. The van der Waals surface area contributed by atoms with Gasteiger partial charge in [-0.25, -0.2) is 0 Å². The molecule has 3 rings (SSSR count). The zero-order valence-electron chi connectivity index (χ0n) is 13.2. The maximum atomic E-state index is 12.8. The van der Waals surface area contributed by atoms with Crippen LogP contribution < -0.4 is 5.32 Å². The van der Waals surface area contributed by atoms with Gasteiger partial charge >= 0.3 is 0 Å². The van der Waals surface area contributed by atoms with Gasteiger partial charge in [0.2, 0.25) is 0 Å². The Labute approximate surface area is 127 Å². The van der Waals surface area contributed by atoms with E-state index in [9.17, 15) is 4.79 Å². The van der Waals surface area contributed by atoms with Crippen molar-refractivity contribution in [1.29, 1.82) is 0 Å². The number of aryl methyl sites for hydroxylation is 1. The SMILES string of the molecule is CNc1ccc(C(=O)N2CCC3CCC(C2)N3C)c(C)c1. The van der Waals surface area contributed by atoms with Crippen molar-refractivity contribution < 1.29 is 4.79 Å². The third-order valence-electron chi connectivity index (χ3n) is 5.18. The van der Waals surface area contributed by atoms with Crippen LogP contribution in [-0.2, 0) is 0 Å². The Kier molecular flexibility index (Phi) is 3.89. The van der Waals surface area contributed by atoms with Crippen molar-refractivity contribution in [3.05, 3.63) is 29.3 Å². The standard InChI is InChI=1S/C17H25N3O/c1-12-10-13(18-2)4-7-16(12)17(21)20-9-8-14-5-6-15(11-20)19(14)3/h4,7,10,14-15,18H,5-6,8-9,11H2,1-3H3. The molecule has 0 aliphatic carbocycles. The number of likely N-dealkylation sites (N-methyl/N-ethyl adjacent to an activating group) is 1. The number of hydrogen-bond donors (Lipinski definition) is 1. The van der Waals surface area contributed by atoms with Crippen LogP contribution >= 0.6 is 0 Å². The van der Waals surface area contributed by atoms with Gasteiger partial charge < -0.3 is 10.2 Å². The van der Waals surface area contributed by atoms with E-state index in [0.29, 0.717) is 12.1 Å². The lowest BCUT2D eigenvalue weighted by Gasteiger charge is -2.26. The van der Waals surface area contributed by atoms with Crippen molar-refractivity contribution in [2.24, 2.45) is 0 Å². The monoisotopic (exact) mass is 287 g/mol. The topological polar surface area (TPSA) is 35.6 Å². The molecule has 2 aliphatic rings. The molecule has 2 saturated heterocycles. The lowest BCUT2D eigenvalue weighted by atomic mass is 10.0. The first-order valence-corrected chi connectivity index (χ1v) is 7.89. The molecular formula is C17H25N3O. The second kappa shape index (κ2) is 5.68. The molecule has 2 unspecified atom stereocenters. The average molecular weight is 287 g/mol. The van der Waals surface area contributed by atoms with E-state index in [4.69, 9.17) is 0 Å². The third-order valence-corrected chi connectivity index (χ3v) is 5.18. The molecule has 2 atom stereocenters. The van der Waals surface area contributed by atoms with Gasteiger partial charge in [0.25, 0.3) is 5.91 Å². The van der Waals surface area contributed by atoms with E-state index in [1.807, 2.05) is 32.2 Å². The van der Waals surface area contributed by atoms with Crippen LogP contribution in [-0.4, -0.2) is 55.0 Å². The molecule has 2 heterocycles. The molecule has 1 aromatic carbocycles. The van der Waals surface area contributed by atoms with Crippen molar-refractivity contribution >= 4 is 11.6 Å². The first-order chi connectivity index (χ1) is 10.1. The smallest absolute Gasteiger partial charge is 0.254 e. The molecule has 2 bridgehead atoms. The third kappa shape index (κ3) is 2.64. The Morgan fingerprint density at radius 3 is 2.71 bits per heavy atom. The summed E-state index contributed by atoms with van der Waals surface area (Å²) >= 11 is 0. The number of nitrogens with zero attached hydrogens (tertiary/aromatic N) is 2. The van der Waals surface area contributed by atoms with Crippen molar-refractivity contribution in [3.63, 3.8) is 0 Å². The number of likely N-dealkylation sites (tertiary alicyclic amines) is 1. The van der Waals surface area contributed by atoms with Gasteiger partial charge in [-0.05, 0) is 57.0 Å². The summed E-state index contributed by atoms with van der Waals surface area (Å²) in [4.78, 5) is 17.4. The summed E-state index contributed by atoms with van der Waals surface area (Å²) < 4.78 is 0. The van der Waals surface area contributed by atoms with E-state index in [2.05, 4.69) is 22.2 Å². The van der Waals surface area contributed by atoms with Crippen LogP contribution in [0.15, 0.2) is 18.2 Å². The summed E-state index contributed by atoms with van der Waals surface area (Å²) in [6, 6.07) is 7.19. The highest BCUT2D eigenvalue weighted by atomic mass is 16.2. The van der Waals surface area contributed by atoms with Crippen LogP contribution in [0, 0.1) is 6.92 Å². The molecule has 0 aromatic heterocycles. The van der Waals surface area contributed by atoms with Crippen LogP contribution in [0.4, 0.5) is 5.69 Å². The van der Waals surface area contributed by atoms with Crippen molar-refractivity contribution in [2.45, 2.75) is 38.3 Å². The van der Waals surface area contributed by atoms with E-state index in [0.717, 1.165) is 36.3 Å². The summed E-state index contributed by atoms with van der Waals surface area (Å²) in [5.41, 5.74) is 2.95. The maximum absolute atomic E-state index is 12.8. The van der Waals surface area contributed by atoms with Gasteiger partial charge in [0.15, 0.2) is 0 Å². The van der Waals surface area contributed by atoms with E-state index in [-0.39, 0.29) is 5.91 Å². The van der Waals surface area contributed by atoms with Crippen molar-refractivity contribution in [3.8, 4) is 0 Å². The molecule has 0 saturated carbocycles. The van der Waals surface area contributed by atoms with Crippen LogP contribution in [0.1, 0.15) is 35.2 Å². The number of carbonyl (C=O) groups excluding carboxylic acids is 1. The number of fused-ring (bicyclic) bond motifs is 2. The predicted octanol–water partition coefficient (Wildman–Crippen LogP) is 2.35. The van der Waals surface area contributed by atoms with Gasteiger partial charge in [0, 0.05) is 43.5 Å². The van der Waals surface area contributed by atoms with Crippen molar-refractivity contribution in [2.75, 3.05) is 32.5 Å². The fourth-order valence-electron chi connectivity index (χ4n) is 3.72. The zero-order chi connectivity index (χ0) is 15.0. The molecule has 0 radical (unpaired) electrons. The molecule has 4 nitrogen and oxygen atoms in total. The molecule has 4 heteroatoms. The van der Waals surface area contributed by atoms with Gasteiger partial charge in [-0.3, -0.25) is 9.69 Å². The Hall–Kier alpha value is -1.55. The lowest BCUT2D eigenvalue weighted by Crippen LogP contribution is -2.39. The minimum Gasteiger partial charge on any atom is -0.388 e. The highest BCUT2D eigenvalue weighted by molar-refractivity contribution is 5.96. The molecule has 2 aliphatic heterocycles. The average Bonchev–Trinajstić information content (AvgIpc) is 2.71. The first-order valence-electron chi connectivity index (χ1n) is 7.89. The summed E-state index contributed by atoms with van der Waals surface area (Å²) in [7, 11) is 4.11. The van der Waals surface area contributed by atoms with E-state index >= 15 is 0 Å². The van der Waals surface area contributed by atoms with Crippen LogP contribution in [0.2, 0.25) is 0 Å². The number of nitrogens with one attached hydrogen (secondary N) is 1.